The van der Waals surface area contributed by atoms with Gasteiger partial charge < -0.3 is 4.74 Å². The van der Waals surface area contributed by atoms with Crippen LogP contribution in [-0.2, 0) is 19.4 Å². The van der Waals surface area contributed by atoms with Gasteiger partial charge in [-0.1, -0.05) is 29.3 Å². The summed E-state index contributed by atoms with van der Waals surface area (Å²) < 4.78 is 43.4. The summed E-state index contributed by atoms with van der Waals surface area (Å²) in [6.45, 7) is 3.20. The number of Topliss-reactive ketones (excluding diaryl/α,β-unsaturated/α-hetero) is 1. The molecule has 3 rings (SSSR count). The van der Waals surface area contributed by atoms with E-state index < -0.39 is 26.2 Å². The number of ether oxygens (including phenoxy) is 1. The maximum atomic E-state index is 14.4. The zero-order valence-electron chi connectivity index (χ0n) is 14.6. The van der Waals surface area contributed by atoms with Gasteiger partial charge in [0.2, 0.25) is 5.78 Å². The minimum atomic E-state index is -3.71. The Bertz CT molecular complexity index is 1100. The van der Waals surface area contributed by atoms with E-state index in [1.54, 1.807) is 26.0 Å². The Labute approximate surface area is 166 Å². The molecule has 1 heterocycles. The molecule has 142 valence electrons. The SMILES string of the molecule is CC1(C)OC(c2ccc(S(C)(=O)=O)c(F)c2)=C(c2ccc(Cl)c(Cl)c2)C1=O. The van der Waals surface area contributed by atoms with E-state index in [1.165, 1.54) is 12.1 Å². The van der Waals surface area contributed by atoms with E-state index in [-0.39, 0.29) is 27.7 Å². The summed E-state index contributed by atoms with van der Waals surface area (Å²) in [6.07, 6.45) is 0.921. The number of ketones is 1. The number of carbonyl (C=O) groups is 1. The topological polar surface area (TPSA) is 60.4 Å². The summed E-state index contributed by atoms with van der Waals surface area (Å²) in [6, 6.07) is 8.30. The highest BCUT2D eigenvalue weighted by molar-refractivity contribution is 7.90. The summed E-state index contributed by atoms with van der Waals surface area (Å²) >= 11 is 12.0. The van der Waals surface area contributed by atoms with Crippen LogP contribution in [0.4, 0.5) is 4.39 Å². The van der Waals surface area contributed by atoms with E-state index >= 15 is 0 Å². The van der Waals surface area contributed by atoms with Crippen LogP contribution in [0.1, 0.15) is 25.0 Å². The van der Waals surface area contributed by atoms with Crippen molar-refractivity contribution in [1.82, 2.24) is 0 Å². The van der Waals surface area contributed by atoms with Gasteiger partial charge in [-0.05, 0) is 49.7 Å². The Balaban J connectivity index is 2.23. The highest BCUT2D eigenvalue weighted by atomic mass is 35.5. The van der Waals surface area contributed by atoms with Crippen LogP contribution in [0, 0.1) is 5.82 Å². The lowest BCUT2D eigenvalue weighted by atomic mass is 9.92. The number of carbonyl (C=O) groups excluding carboxylic acids is 1. The highest BCUT2D eigenvalue weighted by Gasteiger charge is 2.43. The number of rotatable bonds is 3. The van der Waals surface area contributed by atoms with Crippen molar-refractivity contribution >= 4 is 50.2 Å². The Morgan fingerprint density at radius 1 is 1.00 bits per heavy atom. The quantitative estimate of drug-likeness (QED) is 0.705. The molecule has 0 N–H and O–H groups in total. The summed E-state index contributed by atoms with van der Waals surface area (Å²) in [4.78, 5) is 12.4. The van der Waals surface area contributed by atoms with E-state index in [9.17, 15) is 17.6 Å². The van der Waals surface area contributed by atoms with Crippen LogP contribution < -0.4 is 0 Å². The van der Waals surface area contributed by atoms with Gasteiger partial charge in [-0.15, -0.1) is 0 Å². The zero-order chi connectivity index (χ0) is 20.1. The Hall–Kier alpha value is -1.89. The van der Waals surface area contributed by atoms with Gasteiger partial charge in [0.1, 0.15) is 16.5 Å². The van der Waals surface area contributed by atoms with Gasteiger partial charge >= 0.3 is 0 Å². The number of sulfone groups is 1. The second kappa shape index (κ2) is 6.62. The molecule has 27 heavy (non-hydrogen) atoms. The number of hydrogen-bond donors (Lipinski definition) is 0. The van der Waals surface area contributed by atoms with Crippen LogP contribution in [0.25, 0.3) is 11.3 Å². The van der Waals surface area contributed by atoms with Crippen molar-refractivity contribution < 1.29 is 22.3 Å². The average Bonchev–Trinajstić information content (AvgIpc) is 2.79. The molecule has 2 aromatic carbocycles. The molecule has 0 saturated heterocycles. The number of hydrogen-bond acceptors (Lipinski definition) is 4. The van der Waals surface area contributed by atoms with Crippen molar-refractivity contribution in [3.05, 3.63) is 63.4 Å². The third-order valence-corrected chi connectivity index (χ3v) is 6.03. The molecule has 0 saturated carbocycles. The fourth-order valence-corrected chi connectivity index (χ4v) is 3.84. The molecule has 2 aromatic rings. The maximum Gasteiger partial charge on any atom is 0.210 e. The van der Waals surface area contributed by atoms with E-state index in [4.69, 9.17) is 27.9 Å². The normalized spacial score (nSPS) is 16.6. The van der Waals surface area contributed by atoms with Gasteiger partial charge in [0, 0.05) is 11.8 Å². The molecule has 0 amide bonds. The molecule has 4 nitrogen and oxygen atoms in total. The fourth-order valence-electron chi connectivity index (χ4n) is 2.82. The average molecular weight is 429 g/mol. The lowest BCUT2D eigenvalue weighted by Crippen LogP contribution is -2.29. The molecule has 0 fully saturated rings. The minimum Gasteiger partial charge on any atom is -0.478 e. The Kier molecular flexibility index (Phi) is 4.87. The second-order valence-corrected chi connectivity index (χ2v) is 9.49. The molecular formula is C19H15Cl2FO4S. The molecule has 1 aliphatic heterocycles. The molecule has 0 bridgehead atoms. The summed E-state index contributed by atoms with van der Waals surface area (Å²) in [7, 11) is -3.71. The largest absolute Gasteiger partial charge is 0.478 e. The van der Waals surface area contributed by atoms with Crippen LogP contribution >= 0.6 is 23.2 Å². The number of benzene rings is 2. The highest BCUT2D eigenvalue weighted by Crippen LogP contribution is 2.42. The van der Waals surface area contributed by atoms with Gasteiger partial charge in [-0.3, -0.25) is 4.79 Å². The molecule has 0 radical (unpaired) electrons. The van der Waals surface area contributed by atoms with Gasteiger partial charge in [-0.2, -0.15) is 0 Å². The predicted octanol–water partition coefficient (Wildman–Crippen LogP) is 4.78. The van der Waals surface area contributed by atoms with Crippen LogP contribution in [0.15, 0.2) is 41.3 Å². The lowest BCUT2D eigenvalue weighted by molar-refractivity contribution is -0.125. The van der Waals surface area contributed by atoms with Crippen molar-refractivity contribution in [2.45, 2.75) is 24.3 Å². The molecule has 0 atom stereocenters. The Morgan fingerprint density at radius 3 is 2.19 bits per heavy atom. The first kappa shape index (κ1) is 19.9. The first-order valence-corrected chi connectivity index (χ1v) is 10.5. The van der Waals surface area contributed by atoms with E-state index in [0.29, 0.717) is 10.6 Å². The smallest absolute Gasteiger partial charge is 0.210 e. The van der Waals surface area contributed by atoms with E-state index in [0.717, 1.165) is 18.4 Å². The van der Waals surface area contributed by atoms with Crippen molar-refractivity contribution in [3.63, 3.8) is 0 Å². The van der Waals surface area contributed by atoms with Gasteiger partial charge in [0.05, 0.1) is 15.6 Å². The Morgan fingerprint density at radius 2 is 1.63 bits per heavy atom. The third kappa shape index (κ3) is 3.61. The first-order valence-electron chi connectivity index (χ1n) is 7.85. The molecule has 1 aliphatic rings. The summed E-state index contributed by atoms with van der Waals surface area (Å²) in [5.74, 6) is -1.07. The van der Waals surface area contributed by atoms with Gasteiger partial charge in [0.25, 0.3) is 0 Å². The summed E-state index contributed by atoms with van der Waals surface area (Å²) in [5, 5.41) is 0.592. The van der Waals surface area contributed by atoms with Crippen LogP contribution in [0.3, 0.4) is 0 Å². The van der Waals surface area contributed by atoms with Crippen molar-refractivity contribution in [1.29, 1.82) is 0 Å². The molecule has 0 unspecified atom stereocenters. The van der Waals surface area contributed by atoms with Gasteiger partial charge in [0.15, 0.2) is 15.4 Å². The second-order valence-electron chi connectivity index (χ2n) is 6.69. The lowest BCUT2D eigenvalue weighted by Gasteiger charge is -2.18. The van der Waals surface area contributed by atoms with Crippen molar-refractivity contribution in [2.24, 2.45) is 0 Å². The maximum absolute atomic E-state index is 14.4. The number of halogens is 3. The van der Waals surface area contributed by atoms with Crippen LogP contribution in [-0.4, -0.2) is 26.1 Å². The molecule has 8 heteroatoms. The van der Waals surface area contributed by atoms with Crippen molar-refractivity contribution in [2.75, 3.05) is 6.26 Å². The molecular weight excluding hydrogens is 414 g/mol. The van der Waals surface area contributed by atoms with E-state index in [1.807, 2.05) is 0 Å². The predicted molar refractivity (Wildman–Crippen MR) is 103 cm³/mol. The van der Waals surface area contributed by atoms with E-state index in [2.05, 4.69) is 0 Å². The first-order chi connectivity index (χ1) is 12.4. The minimum absolute atomic E-state index is 0.155. The zero-order valence-corrected chi connectivity index (χ0v) is 17.0. The molecule has 0 aromatic heterocycles. The molecule has 0 spiro atoms. The van der Waals surface area contributed by atoms with Crippen molar-refractivity contribution in [3.8, 4) is 0 Å². The molecule has 0 aliphatic carbocycles. The fraction of sp³-hybridized carbons (Fsp3) is 0.211. The van der Waals surface area contributed by atoms with Crippen LogP contribution in [0.5, 0.6) is 0 Å². The standard InChI is InChI=1S/C19H15Cl2FO4S/c1-19(2)18(23)16(10-4-6-12(20)13(21)8-10)17(26-19)11-5-7-15(14(22)9-11)27(3,24)25/h4-9H,1-3H3. The van der Waals surface area contributed by atoms with Gasteiger partial charge in [-0.25, -0.2) is 12.8 Å². The third-order valence-electron chi connectivity index (χ3n) is 4.16. The van der Waals surface area contributed by atoms with Crippen LogP contribution in [0.2, 0.25) is 10.0 Å². The monoisotopic (exact) mass is 428 g/mol. The summed E-state index contributed by atoms with van der Waals surface area (Å²) in [5.41, 5.74) is -0.213.